The number of amides is 1. The fraction of sp³-hybridized carbons (Fsp3) is 0.444. The molecule has 5 heteroatoms. The summed E-state index contributed by atoms with van der Waals surface area (Å²) in [7, 11) is 0. The molecule has 4 nitrogen and oxygen atoms in total. The maximum atomic E-state index is 11.6. The number of aliphatic hydroxyl groups excluding tert-OH is 1. The molecule has 0 bridgehead atoms. The van der Waals surface area contributed by atoms with Crippen LogP contribution in [0.1, 0.15) is 22.5 Å². The topological polar surface area (TPSA) is 75.4 Å². The highest BCUT2D eigenvalue weighted by molar-refractivity contribution is 7.12. The molecule has 1 amide bonds. The minimum atomic E-state index is -0.249. The van der Waals surface area contributed by atoms with Gasteiger partial charge in [0.05, 0.1) is 11.8 Å². The number of carbonyl (C=O) groups is 1. The van der Waals surface area contributed by atoms with E-state index in [1.807, 2.05) is 0 Å². The normalized spacial score (nSPS) is 25.5. The van der Waals surface area contributed by atoms with Gasteiger partial charge in [-0.05, 0) is 24.3 Å². The average molecular weight is 212 g/mol. The quantitative estimate of drug-likeness (QED) is 0.671. The minimum absolute atomic E-state index is 0.110. The Morgan fingerprint density at radius 1 is 1.64 bits per heavy atom. The maximum Gasteiger partial charge on any atom is 0.263 e. The Kier molecular flexibility index (Phi) is 2.43. The zero-order chi connectivity index (χ0) is 10.1. The first kappa shape index (κ1) is 9.48. The molecule has 1 aromatic rings. The number of hydrogen-bond acceptors (Lipinski definition) is 4. The second-order valence-corrected chi connectivity index (χ2v) is 4.42. The summed E-state index contributed by atoms with van der Waals surface area (Å²) in [6.07, 6.45) is 1.05. The van der Waals surface area contributed by atoms with Crippen molar-refractivity contribution in [2.45, 2.75) is 25.0 Å². The van der Waals surface area contributed by atoms with Crippen LogP contribution in [0.3, 0.4) is 0 Å². The van der Waals surface area contributed by atoms with E-state index in [1.165, 1.54) is 11.3 Å². The van der Waals surface area contributed by atoms with Gasteiger partial charge in [-0.3, -0.25) is 4.79 Å². The minimum Gasteiger partial charge on any atom is -0.397 e. The van der Waals surface area contributed by atoms with Crippen LogP contribution in [0.2, 0.25) is 0 Å². The van der Waals surface area contributed by atoms with Crippen LogP contribution in [0, 0.1) is 0 Å². The van der Waals surface area contributed by atoms with Gasteiger partial charge in [0.2, 0.25) is 0 Å². The van der Waals surface area contributed by atoms with Gasteiger partial charge in [-0.15, -0.1) is 11.3 Å². The number of anilines is 1. The predicted molar refractivity (Wildman–Crippen MR) is 55.2 cm³/mol. The Bertz CT molecular complexity index is 344. The van der Waals surface area contributed by atoms with Crippen molar-refractivity contribution in [3.63, 3.8) is 0 Å². The number of thiophene rings is 1. The Balaban J connectivity index is 1.93. The van der Waals surface area contributed by atoms with Gasteiger partial charge in [0, 0.05) is 6.04 Å². The second-order valence-electron chi connectivity index (χ2n) is 3.50. The molecular formula is C9H12N2O2S. The number of rotatable bonds is 2. The van der Waals surface area contributed by atoms with Crippen LogP contribution in [0.15, 0.2) is 11.4 Å². The highest BCUT2D eigenvalue weighted by Gasteiger charge is 2.29. The largest absolute Gasteiger partial charge is 0.397 e. The van der Waals surface area contributed by atoms with Gasteiger partial charge < -0.3 is 16.2 Å². The van der Waals surface area contributed by atoms with Crippen LogP contribution in [0.25, 0.3) is 0 Å². The van der Waals surface area contributed by atoms with Gasteiger partial charge in [0.1, 0.15) is 4.88 Å². The Morgan fingerprint density at radius 3 is 2.86 bits per heavy atom. The number of carbonyl (C=O) groups excluding carboxylic acids is 1. The first-order chi connectivity index (χ1) is 6.66. The monoisotopic (exact) mass is 212 g/mol. The van der Waals surface area contributed by atoms with Crippen molar-refractivity contribution in [2.75, 3.05) is 5.73 Å². The number of hydrogen-bond donors (Lipinski definition) is 3. The third-order valence-electron chi connectivity index (χ3n) is 2.35. The number of nitrogen functional groups attached to an aromatic ring is 1. The van der Waals surface area contributed by atoms with Crippen molar-refractivity contribution >= 4 is 22.9 Å². The molecule has 0 radical (unpaired) electrons. The predicted octanol–water partition coefficient (Wildman–Crippen LogP) is 0.583. The lowest BCUT2D eigenvalue weighted by molar-refractivity contribution is 0.0565. The number of aliphatic hydroxyl groups is 1. The van der Waals surface area contributed by atoms with Crippen LogP contribution >= 0.6 is 11.3 Å². The molecule has 0 aliphatic heterocycles. The highest BCUT2D eigenvalue weighted by Crippen LogP contribution is 2.22. The zero-order valence-corrected chi connectivity index (χ0v) is 8.38. The van der Waals surface area contributed by atoms with E-state index < -0.39 is 0 Å². The van der Waals surface area contributed by atoms with E-state index in [4.69, 9.17) is 10.8 Å². The van der Waals surface area contributed by atoms with Crippen molar-refractivity contribution in [1.29, 1.82) is 0 Å². The fourth-order valence-corrected chi connectivity index (χ4v) is 2.18. The second kappa shape index (κ2) is 3.59. The smallest absolute Gasteiger partial charge is 0.263 e. The summed E-state index contributed by atoms with van der Waals surface area (Å²) in [4.78, 5) is 12.1. The van der Waals surface area contributed by atoms with Crippen molar-refractivity contribution in [1.82, 2.24) is 5.32 Å². The molecule has 4 N–H and O–H groups in total. The molecular weight excluding hydrogens is 200 g/mol. The Morgan fingerprint density at radius 2 is 2.36 bits per heavy atom. The van der Waals surface area contributed by atoms with Crippen LogP contribution in [-0.2, 0) is 0 Å². The summed E-state index contributed by atoms with van der Waals surface area (Å²) in [6.45, 7) is 0. The van der Waals surface area contributed by atoms with E-state index in [0.29, 0.717) is 23.4 Å². The zero-order valence-electron chi connectivity index (χ0n) is 7.56. The van der Waals surface area contributed by atoms with Gasteiger partial charge in [-0.25, -0.2) is 0 Å². The van der Waals surface area contributed by atoms with E-state index >= 15 is 0 Å². The summed E-state index contributed by atoms with van der Waals surface area (Å²) in [5, 5.41) is 13.7. The van der Waals surface area contributed by atoms with Crippen molar-refractivity contribution in [2.24, 2.45) is 0 Å². The van der Waals surface area contributed by atoms with E-state index in [1.54, 1.807) is 11.4 Å². The van der Waals surface area contributed by atoms with Gasteiger partial charge in [-0.1, -0.05) is 0 Å². The molecule has 0 spiro atoms. The summed E-state index contributed by atoms with van der Waals surface area (Å²) in [5.41, 5.74) is 6.12. The SMILES string of the molecule is Nc1ccsc1C(=O)NC1CC(O)C1. The molecule has 1 saturated carbocycles. The van der Waals surface area contributed by atoms with Gasteiger partial charge in [0.15, 0.2) is 0 Å². The Labute approximate surface area is 85.7 Å². The van der Waals surface area contributed by atoms with E-state index in [9.17, 15) is 4.79 Å². The molecule has 1 aliphatic carbocycles. The number of nitrogens with two attached hydrogens (primary N) is 1. The maximum absolute atomic E-state index is 11.6. The molecule has 1 fully saturated rings. The first-order valence-corrected chi connectivity index (χ1v) is 5.36. The third kappa shape index (κ3) is 1.73. The molecule has 1 aromatic heterocycles. The van der Waals surface area contributed by atoms with Crippen LogP contribution < -0.4 is 11.1 Å². The molecule has 0 saturated heterocycles. The third-order valence-corrected chi connectivity index (χ3v) is 3.28. The standard InChI is InChI=1S/C9H12N2O2S/c10-7-1-2-14-8(7)9(13)11-5-3-6(12)4-5/h1-2,5-6,12H,3-4,10H2,(H,11,13). The van der Waals surface area contributed by atoms with E-state index in [0.717, 1.165) is 0 Å². The van der Waals surface area contributed by atoms with Crippen LogP contribution in [-0.4, -0.2) is 23.2 Å². The summed E-state index contributed by atoms with van der Waals surface area (Å²) in [5.74, 6) is -0.130. The van der Waals surface area contributed by atoms with Crippen molar-refractivity contribution < 1.29 is 9.90 Å². The first-order valence-electron chi connectivity index (χ1n) is 4.48. The summed E-state index contributed by atoms with van der Waals surface area (Å²) < 4.78 is 0. The molecule has 0 atom stereocenters. The molecule has 0 aromatic carbocycles. The van der Waals surface area contributed by atoms with Crippen molar-refractivity contribution in [3.05, 3.63) is 16.3 Å². The molecule has 0 unspecified atom stereocenters. The summed E-state index contributed by atoms with van der Waals surface area (Å²) >= 11 is 1.34. The van der Waals surface area contributed by atoms with Crippen molar-refractivity contribution in [3.8, 4) is 0 Å². The average Bonchev–Trinajstić information content (AvgIpc) is 2.48. The van der Waals surface area contributed by atoms with Crippen LogP contribution in [0.4, 0.5) is 5.69 Å². The summed E-state index contributed by atoms with van der Waals surface area (Å²) in [6, 6.07) is 1.83. The molecule has 1 aliphatic rings. The highest BCUT2D eigenvalue weighted by atomic mass is 32.1. The molecule has 1 heterocycles. The fourth-order valence-electron chi connectivity index (χ4n) is 1.46. The Hall–Kier alpha value is -1.07. The lowest BCUT2D eigenvalue weighted by Crippen LogP contribution is -2.46. The molecule has 76 valence electrons. The van der Waals surface area contributed by atoms with E-state index in [2.05, 4.69) is 5.32 Å². The lowest BCUT2D eigenvalue weighted by Gasteiger charge is -2.31. The van der Waals surface area contributed by atoms with Gasteiger partial charge in [-0.2, -0.15) is 0 Å². The van der Waals surface area contributed by atoms with E-state index in [-0.39, 0.29) is 18.1 Å². The molecule has 2 rings (SSSR count). The van der Waals surface area contributed by atoms with Crippen LogP contribution in [0.5, 0.6) is 0 Å². The molecule has 14 heavy (non-hydrogen) atoms. The lowest BCUT2D eigenvalue weighted by atomic mass is 9.89. The number of nitrogens with one attached hydrogen (secondary N) is 1. The van der Waals surface area contributed by atoms with Gasteiger partial charge >= 0.3 is 0 Å². The van der Waals surface area contributed by atoms with Gasteiger partial charge in [0.25, 0.3) is 5.91 Å².